The lowest BCUT2D eigenvalue weighted by atomic mass is 9.97. The molecule has 194 valence electrons. The van der Waals surface area contributed by atoms with Crippen molar-refractivity contribution in [3.63, 3.8) is 0 Å². The van der Waals surface area contributed by atoms with Crippen molar-refractivity contribution in [1.29, 1.82) is 0 Å². The molecule has 0 aliphatic carbocycles. The zero-order valence-corrected chi connectivity index (χ0v) is 21.3. The van der Waals surface area contributed by atoms with E-state index in [0.29, 0.717) is 46.4 Å². The third-order valence-electron chi connectivity index (χ3n) is 6.91. The van der Waals surface area contributed by atoms with Gasteiger partial charge in [0, 0.05) is 29.5 Å². The van der Waals surface area contributed by atoms with Gasteiger partial charge in [0.2, 0.25) is 0 Å². The second-order valence-corrected chi connectivity index (χ2v) is 9.29. The molecule has 2 heterocycles. The monoisotopic (exact) mass is 513 g/mol. The van der Waals surface area contributed by atoms with Crippen molar-refractivity contribution in [3.8, 4) is 22.5 Å². The van der Waals surface area contributed by atoms with Crippen molar-refractivity contribution in [2.24, 2.45) is 0 Å². The zero-order valence-electron chi connectivity index (χ0n) is 21.3. The summed E-state index contributed by atoms with van der Waals surface area (Å²) in [5.74, 6) is -0.625. The minimum absolute atomic E-state index is 0.0804. The molecule has 0 unspecified atom stereocenters. The second kappa shape index (κ2) is 10.6. The number of rotatable bonds is 7. The summed E-state index contributed by atoms with van der Waals surface area (Å²) in [6.45, 7) is 4.31. The quantitative estimate of drug-likeness (QED) is 0.204. The fourth-order valence-electron chi connectivity index (χ4n) is 5.03. The van der Waals surface area contributed by atoms with Crippen molar-refractivity contribution in [2.45, 2.75) is 39.2 Å². The third-order valence-corrected chi connectivity index (χ3v) is 6.91. The molecule has 7 heteroatoms. The topological polar surface area (TPSA) is 76.8 Å². The Kier molecular flexibility index (Phi) is 7.09. The molecule has 3 aromatic carbocycles. The molecule has 1 amide bonds. The first-order chi connectivity index (χ1) is 18.4. The van der Waals surface area contributed by atoms with Crippen LogP contribution in [0.5, 0.6) is 0 Å². The van der Waals surface area contributed by atoms with Gasteiger partial charge in [-0.2, -0.15) is 0 Å². The van der Waals surface area contributed by atoms with Gasteiger partial charge in [0.15, 0.2) is 5.78 Å². The van der Waals surface area contributed by atoms with Gasteiger partial charge in [0.05, 0.1) is 12.2 Å². The number of nitrogens with zero attached hydrogens (tertiary/aromatic N) is 1. The molecule has 0 saturated carbocycles. The second-order valence-electron chi connectivity index (χ2n) is 9.29. The molecule has 1 fully saturated rings. The largest absolute Gasteiger partial charge is 0.464 e. The van der Waals surface area contributed by atoms with E-state index in [1.54, 1.807) is 55.1 Å². The summed E-state index contributed by atoms with van der Waals surface area (Å²) in [6, 6.07) is 18.1. The Balaban J connectivity index is 1.52. The van der Waals surface area contributed by atoms with E-state index in [-0.39, 0.29) is 36.5 Å². The van der Waals surface area contributed by atoms with Crippen LogP contribution in [-0.4, -0.2) is 41.8 Å². The van der Waals surface area contributed by atoms with Gasteiger partial charge in [-0.25, -0.2) is 9.18 Å². The predicted molar refractivity (Wildman–Crippen MR) is 142 cm³/mol. The predicted octanol–water partition coefficient (Wildman–Crippen LogP) is 6.67. The number of ether oxygens (including phenoxy) is 1. The number of hydrogen-bond acceptors (Lipinski definition) is 5. The van der Waals surface area contributed by atoms with Crippen LogP contribution in [0.15, 0.2) is 71.1 Å². The summed E-state index contributed by atoms with van der Waals surface area (Å²) in [4.78, 5) is 40.3. The van der Waals surface area contributed by atoms with Gasteiger partial charge in [-0.15, -0.1) is 0 Å². The Morgan fingerprint density at radius 3 is 2.45 bits per heavy atom. The van der Waals surface area contributed by atoms with Crippen LogP contribution in [0.2, 0.25) is 0 Å². The van der Waals surface area contributed by atoms with Crippen LogP contribution in [-0.2, 0) is 9.53 Å². The molecular formula is C31H28FNO5. The highest BCUT2D eigenvalue weighted by molar-refractivity contribution is 6.12. The maximum atomic E-state index is 13.5. The number of hydrogen-bond donors (Lipinski definition) is 0. The number of halogens is 1. The number of esters is 1. The lowest BCUT2D eigenvalue weighted by molar-refractivity contribution is -0.147. The number of carbonyl (C=O) groups is 3. The molecule has 1 aliphatic rings. The average Bonchev–Trinajstić information content (AvgIpc) is 3.58. The van der Waals surface area contributed by atoms with Crippen molar-refractivity contribution in [1.82, 2.24) is 4.90 Å². The lowest BCUT2D eigenvalue weighted by Gasteiger charge is -2.23. The molecule has 5 rings (SSSR count). The lowest BCUT2D eigenvalue weighted by Crippen LogP contribution is -2.41. The highest BCUT2D eigenvalue weighted by Gasteiger charge is 2.35. The van der Waals surface area contributed by atoms with E-state index in [4.69, 9.17) is 9.15 Å². The van der Waals surface area contributed by atoms with Gasteiger partial charge in [-0.1, -0.05) is 25.1 Å². The number of carbonyl (C=O) groups excluding carboxylic acids is 3. The molecule has 1 aromatic heterocycles. The minimum Gasteiger partial charge on any atom is -0.464 e. The van der Waals surface area contributed by atoms with E-state index in [9.17, 15) is 18.8 Å². The first-order valence-electron chi connectivity index (χ1n) is 12.8. The van der Waals surface area contributed by atoms with Crippen LogP contribution in [0.25, 0.3) is 33.4 Å². The molecule has 0 bridgehead atoms. The van der Waals surface area contributed by atoms with Crippen LogP contribution < -0.4 is 0 Å². The summed E-state index contributed by atoms with van der Waals surface area (Å²) in [7, 11) is 0. The van der Waals surface area contributed by atoms with Crippen LogP contribution in [0.3, 0.4) is 0 Å². The summed E-state index contributed by atoms with van der Waals surface area (Å²) in [5.41, 5.74) is 3.71. The van der Waals surface area contributed by atoms with Gasteiger partial charge in [0.25, 0.3) is 5.91 Å². The van der Waals surface area contributed by atoms with Gasteiger partial charge in [-0.05, 0) is 79.4 Å². The maximum absolute atomic E-state index is 13.5. The van der Waals surface area contributed by atoms with Gasteiger partial charge in [-0.3, -0.25) is 9.59 Å². The summed E-state index contributed by atoms with van der Waals surface area (Å²) < 4.78 is 24.8. The van der Waals surface area contributed by atoms with Crippen molar-refractivity contribution >= 4 is 28.6 Å². The molecule has 1 atom stereocenters. The van der Waals surface area contributed by atoms with Gasteiger partial charge in [0.1, 0.15) is 23.2 Å². The number of amides is 1. The van der Waals surface area contributed by atoms with Crippen LogP contribution in [0.1, 0.15) is 53.8 Å². The van der Waals surface area contributed by atoms with E-state index in [2.05, 4.69) is 0 Å². The van der Waals surface area contributed by atoms with Crippen LogP contribution in [0, 0.1) is 5.82 Å². The number of Topliss-reactive ketones (excluding diaryl/α,β-unsaturated/α-hetero) is 1. The first-order valence-corrected chi connectivity index (χ1v) is 12.8. The maximum Gasteiger partial charge on any atom is 0.328 e. The van der Waals surface area contributed by atoms with Crippen molar-refractivity contribution < 1.29 is 27.9 Å². The van der Waals surface area contributed by atoms with E-state index in [0.717, 1.165) is 17.5 Å². The number of furan rings is 1. The molecule has 0 N–H and O–H groups in total. The Morgan fingerprint density at radius 2 is 1.71 bits per heavy atom. The Bertz CT molecular complexity index is 1520. The Hall–Kier alpha value is -4.26. The highest BCUT2D eigenvalue weighted by Crippen LogP contribution is 2.37. The minimum atomic E-state index is -0.569. The highest BCUT2D eigenvalue weighted by atomic mass is 19.1. The summed E-state index contributed by atoms with van der Waals surface area (Å²) in [5, 5.41) is 0.660. The van der Waals surface area contributed by atoms with Crippen molar-refractivity contribution in [2.75, 3.05) is 13.2 Å². The molecule has 38 heavy (non-hydrogen) atoms. The van der Waals surface area contributed by atoms with E-state index < -0.39 is 6.04 Å². The SMILES string of the molecule is CCOC(=O)[C@@H]1CCCN1C(=O)c1cccc(-c2ccc3oc(-c4ccc(F)cc4)c(C(=O)CC)c3c2)c1. The average molecular weight is 514 g/mol. The molecule has 6 nitrogen and oxygen atoms in total. The first kappa shape index (κ1) is 25.4. The number of benzene rings is 3. The van der Waals surface area contributed by atoms with Gasteiger partial charge < -0.3 is 14.1 Å². The van der Waals surface area contributed by atoms with Gasteiger partial charge >= 0.3 is 5.97 Å². The van der Waals surface area contributed by atoms with E-state index >= 15 is 0 Å². The molecular weight excluding hydrogens is 485 g/mol. The molecule has 0 spiro atoms. The normalized spacial score (nSPS) is 15.1. The number of ketones is 1. The standard InChI is InChI=1S/C31H28FNO5/c1-3-26(34)28-24-18-21(12-15-27(24)38-29(28)19-10-13-23(32)14-11-19)20-7-5-8-22(17-20)30(35)33-16-6-9-25(33)31(36)37-4-2/h5,7-8,10-15,17-18,25H,3-4,6,9,16H2,1-2H3/t25-/m0/s1. The summed E-state index contributed by atoms with van der Waals surface area (Å²) >= 11 is 0. The molecule has 0 radical (unpaired) electrons. The third kappa shape index (κ3) is 4.72. The molecule has 1 aliphatic heterocycles. The smallest absolute Gasteiger partial charge is 0.328 e. The Morgan fingerprint density at radius 1 is 0.974 bits per heavy atom. The number of likely N-dealkylation sites (tertiary alicyclic amines) is 1. The van der Waals surface area contributed by atoms with E-state index in [1.807, 2.05) is 18.2 Å². The summed E-state index contributed by atoms with van der Waals surface area (Å²) in [6.07, 6.45) is 1.62. The van der Waals surface area contributed by atoms with Crippen molar-refractivity contribution in [3.05, 3.63) is 83.7 Å². The fraction of sp³-hybridized carbons (Fsp3) is 0.258. The van der Waals surface area contributed by atoms with E-state index in [1.165, 1.54) is 12.1 Å². The molecule has 4 aromatic rings. The fourth-order valence-corrected chi connectivity index (χ4v) is 5.03. The molecule has 1 saturated heterocycles. The zero-order chi connectivity index (χ0) is 26.8. The Labute approximate surface area is 220 Å². The van der Waals surface area contributed by atoms with Crippen LogP contribution in [0.4, 0.5) is 4.39 Å². The number of fused-ring (bicyclic) bond motifs is 1. The van der Waals surface area contributed by atoms with Crippen LogP contribution >= 0.6 is 0 Å².